The van der Waals surface area contributed by atoms with Crippen LogP contribution in [0.15, 0.2) is 36.4 Å². The van der Waals surface area contributed by atoms with Gasteiger partial charge in [0.25, 0.3) is 0 Å². The van der Waals surface area contributed by atoms with Gasteiger partial charge in [0.1, 0.15) is 5.75 Å². The highest BCUT2D eigenvalue weighted by atomic mass is 16.5. The van der Waals surface area contributed by atoms with Crippen LogP contribution in [0.5, 0.6) is 5.75 Å². The predicted octanol–water partition coefficient (Wildman–Crippen LogP) is 3.96. The summed E-state index contributed by atoms with van der Waals surface area (Å²) in [5.41, 5.74) is 3.41. The summed E-state index contributed by atoms with van der Waals surface area (Å²) in [4.78, 5) is 24.2. The Balaban J connectivity index is 1.93. The minimum absolute atomic E-state index is 0.188. The van der Waals surface area contributed by atoms with E-state index in [0.29, 0.717) is 5.56 Å². The molecule has 0 fully saturated rings. The first-order chi connectivity index (χ1) is 12.5. The third kappa shape index (κ3) is 4.85. The molecule has 0 N–H and O–H groups in total. The summed E-state index contributed by atoms with van der Waals surface area (Å²) in [6.07, 6.45) is 3.95. The van der Waals surface area contributed by atoms with Crippen LogP contribution in [-0.2, 0) is 16.1 Å². The van der Waals surface area contributed by atoms with Gasteiger partial charge in [-0.05, 0) is 50.1 Å². The lowest BCUT2D eigenvalue weighted by Gasteiger charge is -2.07. The molecule has 0 atom stereocenters. The first kappa shape index (κ1) is 19.5. The fourth-order valence-electron chi connectivity index (χ4n) is 2.79. The molecule has 0 aliphatic heterocycles. The SMILES string of the molecule is CCCn1c(C)cc(C(=O)COC(=O)/C=C/c2ccc(OC)cc2)c1C. The van der Waals surface area contributed by atoms with Crippen LogP contribution in [0.3, 0.4) is 0 Å². The number of esters is 1. The van der Waals surface area contributed by atoms with Crippen LogP contribution in [0.2, 0.25) is 0 Å². The van der Waals surface area contributed by atoms with Crippen molar-refractivity contribution < 1.29 is 19.1 Å². The van der Waals surface area contributed by atoms with E-state index >= 15 is 0 Å². The van der Waals surface area contributed by atoms with Crippen molar-refractivity contribution in [2.45, 2.75) is 33.7 Å². The Kier molecular flexibility index (Phi) is 6.78. The molecule has 0 saturated carbocycles. The molecule has 1 aromatic heterocycles. The molecule has 5 nitrogen and oxygen atoms in total. The van der Waals surface area contributed by atoms with Crippen molar-refractivity contribution in [1.82, 2.24) is 4.57 Å². The van der Waals surface area contributed by atoms with Gasteiger partial charge in [-0.1, -0.05) is 19.1 Å². The number of nitrogens with zero attached hydrogens (tertiary/aromatic N) is 1. The average Bonchev–Trinajstić information content (AvgIpc) is 2.93. The fraction of sp³-hybridized carbons (Fsp3) is 0.333. The molecule has 0 aliphatic carbocycles. The second kappa shape index (κ2) is 9.04. The van der Waals surface area contributed by atoms with E-state index in [1.54, 1.807) is 25.3 Å². The first-order valence-corrected chi connectivity index (χ1v) is 8.65. The molecule has 0 spiro atoms. The number of aromatic nitrogens is 1. The van der Waals surface area contributed by atoms with Gasteiger partial charge in [0, 0.05) is 29.6 Å². The molecule has 0 aliphatic rings. The number of benzene rings is 1. The number of carbonyl (C=O) groups excluding carboxylic acids is 2. The molecular weight excluding hydrogens is 330 g/mol. The second-order valence-corrected chi connectivity index (χ2v) is 6.07. The highest BCUT2D eigenvalue weighted by Crippen LogP contribution is 2.16. The number of carbonyl (C=O) groups is 2. The number of aryl methyl sites for hydroxylation is 1. The summed E-state index contributed by atoms with van der Waals surface area (Å²) in [7, 11) is 1.60. The van der Waals surface area contributed by atoms with E-state index in [4.69, 9.17) is 9.47 Å². The van der Waals surface area contributed by atoms with Gasteiger partial charge in [-0.2, -0.15) is 0 Å². The fourth-order valence-corrected chi connectivity index (χ4v) is 2.79. The molecule has 26 heavy (non-hydrogen) atoms. The Morgan fingerprint density at radius 3 is 2.46 bits per heavy atom. The molecular formula is C21H25NO4. The Morgan fingerprint density at radius 1 is 1.15 bits per heavy atom. The molecule has 0 radical (unpaired) electrons. The topological polar surface area (TPSA) is 57.5 Å². The lowest BCUT2D eigenvalue weighted by Crippen LogP contribution is -2.13. The third-order valence-electron chi connectivity index (χ3n) is 4.19. The van der Waals surface area contributed by atoms with Crippen LogP contribution >= 0.6 is 0 Å². The van der Waals surface area contributed by atoms with Crippen LogP contribution < -0.4 is 4.74 Å². The molecule has 138 valence electrons. The van der Waals surface area contributed by atoms with Gasteiger partial charge in [-0.25, -0.2) is 4.79 Å². The van der Waals surface area contributed by atoms with Crippen LogP contribution in [0.25, 0.3) is 6.08 Å². The van der Waals surface area contributed by atoms with Gasteiger partial charge < -0.3 is 14.0 Å². The van der Waals surface area contributed by atoms with Crippen molar-refractivity contribution in [3.05, 3.63) is 58.9 Å². The minimum Gasteiger partial charge on any atom is -0.497 e. The van der Waals surface area contributed by atoms with E-state index in [9.17, 15) is 9.59 Å². The largest absolute Gasteiger partial charge is 0.497 e. The van der Waals surface area contributed by atoms with Gasteiger partial charge in [0.15, 0.2) is 6.61 Å². The zero-order valence-corrected chi connectivity index (χ0v) is 15.7. The molecule has 2 aromatic rings. The number of methoxy groups -OCH3 is 1. The summed E-state index contributed by atoms with van der Waals surface area (Å²) in [6, 6.07) is 9.13. The van der Waals surface area contributed by atoms with E-state index < -0.39 is 5.97 Å². The third-order valence-corrected chi connectivity index (χ3v) is 4.19. The molecule has 0 unspecified atom stereocenters. The van der Waals surface area contributed by atoms with Crippen molar-refractivity contribution in [3.63, 3.8) is 0 Å². The summed E-state index contributed by atoms with van der Waals surface area (Å²) < 4.78 is 12.3. The van der Waals surface area contributed by atoms with Crippen LogP contribution in [-0.4, -0.2) is 30.0 Å². The molecule has 1 aromatic carbocycles. The summed E-state index contributed by atoms with van der Waals surface area (Å²) in [6.45, 7) is 6.60. The van der Waals surface area contributed by atoms with Crippen molar-refractivity contribution in [2.75, 3.05) is 13.7 Å². The number of hydrogen-bond acceptors (Lipinski definition) is 4. The van der Waals surface area contributed by atoms with E-state index in [-0.39, 0.29) is 12.4 Å². The maximum atomic E-state index is 12.4. The lowest BCUT2D eigenvalue weighted by atomic mass is 10.1. The number of ketones is 1. The molecule has 0 saturated heterocycles. The minimum atomic E-state index is -0.545. The zero-order valence-electron chi connectivity index (χ0n) is 15.7. The maximum Gasteiger partial charge on any atom is 0.331 e. The van der Waals surface area contributed by atoms with Gasteiger partial charge in [-0.3, -0.25) is 4.79 Å². The van der Waals surface area contributed by atoms with E-state index in [2.05, 4.69) is 11.5 Å². The summed E-state index contributed by atoms with van der Waals surface area (Å²) >= 11 is 0. The maximum absolute atomic E-state index is 12.4. The first-order valence-electron chi connectivity index (χ1n) is 8.65. The van der Waals surface area contributed by atoms with Crippen molar-refractivity contribution in [2.24, 2.45) is 0 Å². The number of Topliss-reactive ketones (excluding diaryl/α,β-unsaturated/α-hetero) is 1. The number of hydrogen-bond donors (Lipinski definition) is 0. The van der Waals surface area contributed by atoms with Gasteiger partial charge >= 0.3 is 5.97 Å². The molecule has 0 bridgehead atoms. The molecule has 0 amide bonds. The lowest BCUT2D eigenvalue weighted by molar-refractivity contribution is -0.136. The monoisotopic (exact) mass is 355 g/mol. The normalized spacial score (nSPS) is 10.9. The highest BCUT2D eigenvalue weighted by molar-refractivity contribution is 6.00. The average molecular weight is 355 g/mol. The Morgan fingerprint density at radius 2 is 1.85 bits per heavy atom. The summed E-state index contributed by atoms with van der Waals surface area (Å²) in [5.74, 6) is 0.0131. The van der Waals surface area contributed by atoms with Crippen LogP contribution in [0.1, 0.15) is 40.7 Å². The van der Waals surface area contributed by atoms with Gasteiger partial charge in [-0.15, -0.1) is 0 Å². The Hall–Kier alpha value is -2.82. The quantitative estimate of drug-likeness (QED) is 0.408. The van der Waals surface area contributed by atoms with E-state index in [0.717, 1.165) is 35.7 Å². The Bertz CT molecular complexity index is 800. The number of rotatable bonds is 8. The standard InChI is InChI=1S/C21H25NO4/c1-5-12-22-15(2)13-19(16(22)3)20(23)14-26-21(24)11-8-17-6-9-18(25-4)10-7-17/h6-11,13H,5,12,14H2,1-4H3/b11-8+. The zero-order chi connectivity index (χ0) is 19.1. The second-order valence-electron chi connectivity index (χ2n) is 6.07. The number of ether oxygens (including phenoxy) is 2. The van der Waals surface area contributed by atoms with Crippen LogP contribution in [0.4, 0.5) is 0 Å². The highest BCUT2D eigenvalue weighted by Gasteiger charge is 2.16. The van der Waals surface area contributed by atoms with E-state index in [1.807, 2.05) is 32.0 Å². The molecule has 1 heterocycles. The van der Waals surface area contributed by atoms with Crippen molar-refractivity contribution in [1.29, 1.82) is 0 Å². The van der Waals surface area contributed by atoms with Crippen LogP contribution in [0, 0.1) is 13.8 Å². The van der Waals surface area contributed by atoms with Crippen molar-refractivity contribution >= 4 is 17.8 Å². The Labute approximate surface area is 154 Å². The van der Waals surface area contributed by atoms with Gasteiger partial charge in [0.2, 0.25) is 5.78 Å². The summed E-state index contributed by atoms with van der Waals surface area (Å²) in [5, 5.41) is 0. The smallest absolute Gasteiger partial charge is 0.331 e. The van der Waals surface area contributed by atoms with Gasteiger partial charge in [0.05, 0.1) is 7.11 Å². The predicted molar refractivity (Wildman–Crippen MR) is 102 cm³/mol. The molecule has 5 heteroatoms. The van der Waals surface area contributed by atoms with E-state index in [1.165, 1.54) is 6.08 Å². The molecule has 2 rings (SSSR count). The van der Waals surface area contributed by atoms with Crippen molar-refractivity contribution in [3.8, 4) is 5.75 Å².